The van der Waals surface area contributed by atoms with Crippen molar-refractivity contribution in [2.75, 3.05) is 37.8 Å². The first-order valence-electron chi connectivity index (χ1n) is 5.91. The summed E-state index contributed by atoms with van der Waals surface area (Å²) in [6.07, 6.45) is 1.54. The Labute approximate surface area is 112 Å². The number of rotatable bonds is 8. The summed E-state index contributed by atoms with van der Waals surface area (Å²) in [6.45, 7) is 4.26. The second-order valence-electron chi connectivity index (χ2n) is 3.71. The maximum Gasteiger partial charge on any atom is 0.129 e. The van der Waals surface area contributed by atoms with E-state index in [1.807, 2.05) is 11.8 Å². The number of anilines is 1. The molecule has 0 atom stereocenters. The van der Waals surface area contributed by atoms with Crippen LogP contribution in [0.5, 0.6) is 0 Å². The van der Waals surface area contributed by atoms with Crippen molar-refractivity contribution in [3.8, 4) is 0 Å². The molecule has 6 heteroatoms. The molecule has 0 bridgehead atoms. The van der Waals surface area contributed by atoms with Crippen LogP contribution in [0.15, 0.2) is 12.3 Å². The van der Waals surface area contributed by atoms with Crippen molar-refractivity contribution in [2.45, 2.75) is 13.5 Å². The van der Waals surface area contributed by atoms with Gasteiger partial charge in [0.25, 0.3) is 0 Å². The normalized spacial score (nSPS) is 10.7. The number of hydrogen-bond donors (Lipinski definition) is 2. The van der Waals surface area contributed by atoms with Crippen LogP contribution in [-0.2, 0) is 11.3 Å². The highest BCUT2D eigenvalue weighted by molar-refractivity contribution is 6.31. The van der Waals surface area contributed by atoms with Gasteiger partial charge in [-0.2, -0.15) is 0 Å². The number of aliphatic hydroxyl groups excluding tert-OH is 2. The van der Waals surface area contributed by atoms with Gasteiger partial charge in [-0.15, -0.1) is 0 Å². The van der Waals surface area contributed by atoms with Crippen LogP contribution in [0.25, 0.3) is 0 Å². The number of aromatic nitrogens is 1. The molecule has 0 aliphatic heterocycles. The second kappa shape index (κ2) is 8.26. The van der Waals surface area contributed by atoms with Gasteiger partial charge in [0, 0.05) is 24.8 Å². The Balaban J connectivity index is 2.63. The van der Waals surface area contributed by atoms with Gasteiger partial charge in [0.15, 0.2) is 0 Å². The third-order valence-electron chi connectivity index (χ3n) is 2.54. The Morgan fingerprint density at radius 1 is 1.39 bits per heavy atom. The molecule has 0 fully saturated rings. The number of hydrogen-bond acceptors (Lipinski definition) is 5. The average molecular weight is 275 g/mol. The first-order chi connectivity index (χ1) is 8.72. The molecule has 0 spiro atoms. The molecule has 0 aliphatic rings. The number of ether oxygens (including phenoxy) is 1. The topological polar surface area (TPSA) is 65.8 Å². The summed E-state index contributed by atoms with van der Waals surface area (Å²) in [5, 5.41) is 18.2. The number of likely N-dealkylation sites (N-methyl/N-ethyl adjacent to an activating group) is 1. The summed E-state index contributed by atoms with van der Waals surface area (Å²) in [4.78, 5) is 6.26. The zero-order valence-electron chi connectivity index (χ0n) is 10.5. The van der Waals surface area contributed by atoms with E-state index in [1.54, 1.807) is 12.3 Å². The van der Waals surface area contributed by atoms with E-state index >= 15 is 0 Å². The lowest BCUT2D eigenvalue weighted by Gasteiger charge is -2.22. The fourth-order valence-electron chi connectivity index (χ4n) is 1.54. The number of nitrogens with zero attached hydrogens (tertiary/aromatic N) is 2. The third-order valence-corrected chi connectivity index (χ3v) is 2.88. The molecule has 0 amide bonds. The third kappa shape index (κ3) is 4.42. The minimum absolute atomic E-state index is 0.0278. The lowest BCUT2D eigenvalue weighted by molar-refractivity contribution is 0.0967. The van der Waals surface area contributed by atoms with Crippen molar-refractivity contribution in [1.29, 1.82) is 0 Å². The minimum Gasteiger partial charge on any atom is -0.394 e. The predicted octanol–water partition coefficient (Wildman–Crippen LogP) is 1.06. The molecule has 1 aromatic heterocycles. The minimum atomic E-state index is -0.104. The fourth-order valence-corrected chi connectivity index (χ4v) is 1.70. The quantitative estimate of drug-likeness (QED) is 0.694. The molecule has 1 heterocycles. The van der Waals surface area contributed by atoms with Gasteiger partial charge in [-0.05, 0) is 13.0 Å². The number of pyridine rings is 1. The van der Waals surface area contributed by atoms with Crippen molar-refractivity contribution in [1.82, 2.24) is 4.98 Å². The predicted molar refractivity (Wildman–Crippen MR) is 71.0 cm³/mol. The van der Waals surface area contributed by atoms with Crippen LogP contribution in [0.3, 0.4) is 0 Å². The summed E-state index contributed by atoms with van der Waals surface area (Å²) >= 11 is 5.90. The van der Waals surface area contributed by atoms with E-state index in [9.17, 15) is 0 Å². The lowest BCUT2D eigenvalue weighted by atomic mass is 10.2. The average Bonchev–Trinajstić information content (AvgIpc) is 2.40. The molecule has 0 radical (unpaired) electrons. The fraction of sp³-hybridized carbons (Fsp3) is 0.583. The smallest absolute Gasteiger partial charge is 0.129 e. The van der Waals surface area contributed by atoms with Gasteiger partial charge < -0.3 is 19.8 Å². The molecule has 5 nitrogen and oxygen atoms in total. The molecule has 0 aliphatic carbocycles. The summed E-state index contributed by atoms with van der Waals surface area (Å²) in [5.41, 5.74) is 0.663. The van der Waals surface area contributed by atoms with Crippen LogP contribution < -0.4 is 4.90 Å². The maximum atomic E-state index is 9.16. The number of aliphatic hydroxyl groups is 2. The molecule has 2 N–H and O–H groups in total. The van der Waals surface area contributed by atoms with E-state index in [0.717, 1.165) is 12.4 Å². The zero-order valence-corrected chi connectivity index (χ0v) is 11.2. The second-order valence-corrected chi connectivity index (χ2v) is 4.11. The number of halogens is 1. The van der Waals surface area contributed by atoms with E-state index in [1.165, 1.54) is 0 Å². The van der Waals surface area contributed by atoms with Crippen molar-refractivity contribution in [3.05, 3.63) is 22.8 Å². The van der Waals surface area contributed by atoms with E-state index in [-0.39, 0.29) is 13.2 Å². The molecular weight excluding hydrogens is 256 g/mol. The SMILES string of the molecule is CCN(CCOCCO)c1cc(CO)c(Cl)cn1. The summed E-state index contributed by atoms with van der Waals surface area (Å²) < 4.78 is 5.22. The molecule has 0 saturated carbocycles. The monoisotopic (exact) mass is 274 g/mol. The van der Waals surface area contributed by atoms with Crippen molar-refractivity contribution >= 4 is 17.4 Å². The van der Waals surface area contributed by atoms with Crippen LogP contribution in [0.4, 0.5) is 5.82 Å². The van der Waals surface area contributed by atoms with E-state index in [2.05, 4.69) is 4.98 Å². The highest BCUT2D eigenvalue weighted by Crippen LogP contribution is 2.20. The molecule has 1 aromatic rings. The molecule has 0 aromatic carbocycles. The molecule has 18 heavy (non-hydrogen) atoms. The molecule has 1 rings (SSSR count). The first-order valence-corrected chi connectivity index (χ1v) is 6.29. The van der Waals surface area contributed by atoms with Gasteiger partial charge >= 0.3 is 0 Å². The van der Waals surface area contributed by atoms with Crippen molar-refractivity contribution in [2.24, 2.45) is 0 Å². The zero-order chi connectivity index (χ0) is 13.4. The van der Waals surface area contributed by atoms with Gasteiger partial charge in [0.05, 0.1) is 31.5 Å². The Hall–Kier alpha value is -0.880. The standard InChI is InChI=1S/C12H19ClN2O3/c1-2-15(3-5-18-6-4-16)12-7-10(9-17)11(13)8-14-12/h7-8,16-17H,2-6,9H2,1H3. The van der Waals surface area contributed by atoms with Crippen LogP contribution in [0.2, 0.25) is 5.02 Å². The van der Waals surface area contributed by atoms with Crippen LogP contribution in [-0.4, -0.2) is 48.1 Å². The highest BCUT2D eigenvalue weighted by Gasteiger charge is 2.08. The van der Waals surface area contributed by atoms with Crippen LogP contribution in [0.1, 0.15) is 12.5 Å². The van der Waals surface area contributed by atoms with Crippen LogP contribution in [0, 0.1) is 0 Å². The van der Waals surface area contributed by atoms with Gasteiger partial charge in [-0.3, -0.25) is 0 Å². The molecule has 102 valence electrons. The van der Waals surface area contributed by atoms with E-state index < -0.39 is 0 Å². The highest BCUT2D eigenvalue weighted by atomic mass is 35.5. The summed E-state index contributed by atoms with van der Waals surface area (Å²) in [7, 11) is 0. The van der Waals surface area contributed by atoms with E-state index in [4.69, 9.17) is 26.6 Å². The Morgan fingerprint density at radius 2 is 2.17 bits per heavy atom. The molecule has 0 saturated heterocycles. The van der Waals surface area contributed by atoms with Crippen LogP contribution >= 0.6 is 11.6 Å². The Morgan fingerprint density at radius 3 is 2.78 bits per heavy atom. The van der Waals surface area contributed by atoms with Crippen molar-refractivity contribution < 1.29 is 14.9 Å². The van der Waals surface area contributed by atoms with Gasteiger partial charge in [-0.1, -0.05) is 11.6 Å². The summed E-state index contributed by atoms with van der Waals surface area (Å²) in [5.74, 6) is 0.763. The largest absolute Gasteiger partial charge is 0.394 e. The Bertz CT molecular complexity index is 363. The summed E-state index contributed by atoms with van der Waals surface area (Å²) in [6, 6.07) is 1.78. The molecular formula is C12H19ClN2O3. The van der Waals surface area contributed by atoms with Gasteiger partial charge in [0.1, 0.15) is 5.82 Å². The van der Waals surface area contributed by atoms with Gasteiger partial charge in [-0.25, -0.2) is 4.98 Å². The van der Waals surface area contributed by atoms with Crippen molar-refractivity contribution in [3.63, 3.8) is 0 Å². The molecule has 0 unspecified atom stereocenters. The Kier molecular flexibility index (Phi) is 6.97. The maximum absolute atomic E-state index is 9.16. The van der Waals surface area contributed by atoms with Gasteiger partial charge in [0.2, 0.25) is 0 Å². The lowest BCUT2D eigenvalue weighted by Crippen LogP contribution is -2.28. The van der Waals surface area contributed by atoms with E-state index in [0.29, 0.717) is 30.3 Å². The first kappa shape index (κ1) is 15.2.